The molecule has 0 radical (unpaired) electrons. The lowest BCUT2D eigenvalue weighted by Crippen LogP contribution is -2.45. The summed E-state index contributed by atoms with van der Waals surface area (Å²) >= 11 is 0. The Morgan fingerprint density at radius 2 is 2.08 bits per heavy atom. The summed E-state index contributed by atoms with van der Waals surface area (Å²) in [5.74, 6) is -0.107. The van der Waals surface area contributed by atoms with Crippen LogP contribution in [0, 0.1) is 11.3 Å². The SMILES string of the molecule is CC(C)=C1C[C@@]2(C)C(=CC1=O)CC[C@@H](OC(=O)/C(C)=C/CO)[C@@H]2C. The van der Waals surface area contributed by atoms with Gasteiger partial charge >= 0.3 is 5.97 Å². The van der Waals surface area contributed by atoms with Crippen LogP contribution < -0.4 is 0 Å². The molecule has 0 spiro atoms. The van der Waals surface area contributed by atoms with E-state index in [2.05, 4.69) is 13.8 Å². The fraction of sp³-hybridized carbons (Fsp3) is 0.600. The Kier molecular flexibility index (Phi) is 5.49. The van der Waals surface area contributed by atoms with E-state index in [1.165, 1.54) is 11.6 Å². The van der Waals surface area contributed by atoms with Gasteiger partial charge in [-0.05, 0) is 63.2 Å². The number of ether oxygens (including phenoxy) is 1. The molecule has 0 unspecified atom stereocenters. The fourth-order valence-corrected chi connectivity index (χ4v) is 3.78. The molecule has 2 aliphatic rings. The molecule has 0 saturated heterocycles. The van der Waals surface area contributed by atoms with Crippen LogP contribution in [0.1, 0.15) is 53.9 Å². The molecule has 0 aromatic heterocycles. The first kappa shape index (κ1) is 18.7. The molecule has 2 aliphatic carbocycles. The number of carbonyl (C=O) groups is 2. The second-order valence-corrected chi connectivity index (χ2v) is 7.45. The number of rotatable bonds is 3. The molecule has 4 nitrogen and oxygen atoms in total. The van der Waals surface area contributed by atoms with Crippen LogP contribution in [-0.2, 0) is 14.3 Å². The van der Waals surface area contributed by atoms with Crippen LogP contribution in [-0.4, -0.2) is 29.6 Å². The summed E-state index contributed by atoms with van der Waals surface area (Å²) in [5, 5.41) is 8.92. The first-order chi connectivity index (χ1) is 11.2. The molecule has 24 heavy (non-hydrogen) atoms. The number of hydrogen-bond donors (Lipinski definition) is 1. The third kappa shape index (κ3) is 3.39. The lowest BCUT2D eigenvalue weighted by atomic mass is 9.58. The molecule has 0 aromatic carbocycles. The van der Waals surface area contributed by atoms with Crippen LogP contribution in [0.4, 0.5) is 0 Å². The number of esters is 1. The average molecular weight is 332 g/mol. The van der Waals surface area contributed by atoms with Crippen molar-refractivity contribution in [2.45, 2.75) is 60.0 Å². The molecule has 0 aromatic rings. The van der Waals surface area contributed by atoms with Gasteiger partial charge in [-0.15, -0.1) is 0 Å². The van der Waals surface area contributed by atoms with E-state index in [1.54, 1.807) is 13.0 Å². The van der Waals surface area contributed by atoms with E-state index in [4.69, 9.17) is 9.84 Å². The summed E-state index contributed by atoms with van der Waals surface area (Å²) in [6, 6.07) is 0. The van der Waals surface area contributed by atoms with Crippen LogP contribution in [0.5, 0.6) is 0 Å². The van der Waals surface area contributed by atoms with Crippen molar-refractivity contribution in [3.63, 3.8) is 0 Å². The van der Waals surface area contributed by atoms with Crippen molar-refractivity contribution in [1.82, 2.24) is 0 Å². The van der Waals surface area contributed by atoms with E-state index >= 15 is 0 Å². The largest absolute Gasteiger partial charge is 0.459 e. The van der Waals surface area contributed by atoms with Crippen LogP contribution in [0.25, 0.3) is 0 Å². The molecular formula is C20H28O4. The Labute approximate surface area is 144 Å². The summed E-state index contributed by atoms with van der Waals surface area (Å²) in [7, 11) is 0. The summed E-state index contributed by atoms with van der Waals surface area (Å²) in [5.41, 5.74) is 3.40. The van der Waals surface area contributed by atoms with Gasteiger partial charge < -0.3 is 9.84 Å². The van der Waals surface area contributed by atoms with Gasteiger partial charge in [0.05, 0.1) is 6.61 Å². The third-order valence-corrected chi connectivity index (χ3v) is 5.72. The Balaban J connectivity index is 2.25. The number of aliphatic hydroxyl groups excluding tert-OH is 1. The standard InChI is InChI=1S/C20H28O4/c1-12(2)16-11-20(5)14(4)18(7-6-15(20)10-17(16)22)24-19(23)13(3)8-9-21/h8,10,14,18,21H,6-7,9,11H2,1-5H3/b13-8+/t14-,18+,20+/m0/s1. The van der Waals surface area contributed by atoms with Crippen molar-refractivity contribution in [1.29, 1.82) is 0 Å². The monoisotopic (exact) mass is 332 g/mol. The van der Waals surface area contributed by atoms with Crippen molar-refractivity contribution in [2.24, 2.45) is 11.3 Å². The van der Waals surface area contributed by atoms with Crippen LogP contribution in [0.15, 0.2) is 34.4 Å². The van der Waals surface area contributed by atoms with Gasteiger partial charge in [0.15, 0.2) is 5.78 Å². The van der Waals surface area contributed by atoms with E-state index in [-0.39, 0.29) is 35.8 Å². The van der Waals surface area contributed by atoms with Gasteiger partial charge in [0, 0.05) is 11.5 Å². The van der Waals surface area contributed by atoms with Crippen molar-refractivity contribution >= 4 is 11.8 Å². The second kappa shape index (κ2) is 7.06. The fourth-order valence-electron chi connectivity index (χ4n) is 3.78. The van der Waals surface area contributed by atoms with Gasteiger partial charge in [0.1, 0.15) is 6.10 Å². The Morgan fingerprint density at radius 3 is 2.67 bits per heavy atom. The normalized spacial score (nSPS) is 30.6. The van der Waals surface area contributed by atoms with E-state index in [1.807, 2.05) is 13.8 Å². The predicted molar refractivity (Wildman–Crippen MR) is 93.3 cm³/mol. The molecule has 0 aliphatic heterocycles. The number of aliphatic hydroxyl groups is 1. The maximum absolute atomic E-state index is 12.3. The van der Waals surface area contributed by atoms with Crippen LogP contribution >= 0.6 is 0 Å². The quantitative estimate of drug-likeness (QED) is 0.634. The zero-order valence-corrected chi connectivity index (χ0v) is 15.3. The highest BCUT2D eigenvalue weighted by atomic mass is 16.5. The highest BCUT2D eigenvalue weighted by Crippen LogP contribution is 2.52. The highest BCUT2D eigenvalue weighted by Gasteiger charge is 2.47. The van der Waals surface area contributed by atoms with Gasteiger partial charge in [-0.25, -0.2) is 4.79 Å². The number of allylic oxidation sites excluding steroid dienone is 4. The Hall–Kier alpha value is -1.68. The zero-order valence-electron chi connectivity index (χ0n) is 15.3. The molecule has 1 N–H and O–H groups in total. The third-order valence-electron chi connectivity index (χ3n) is 5.72. The lowest BCUT2D eigenvalue weighted by Gasteiger charge is -2.48. The summed E-state index contributed by atoms with van der Waals surface area (Å²) in [6.45, 7) is 9.72. The molecule has 2 rings (SSSR count). The average Bonchev–Trinajstić information content (AvgIpc) is 2.51. The first-order valence-corrected chi connectivity index (χ1v) is 8.61. The van der Waals surface area contributed by atoms with Gasteiger partial charge in [0.2, 0.25) is 0 Å². The van der Waals surface area contributed by atoms with E-state index < -0.39 is 0 Å². The van der Waals surface area contributed by atoms with Gasteiger partial charge in [-0.1, -0.05) is 25.0 Å². The van der Waals surface area contributed by atoms with Crippen molar-refractivity contribution in [3.05, 3.63) is 34.4 Å². The number of hydrogen-bond acceptors (Lipinski definition) is 4. The first-order valence-electron chi connectivity index (χ1n) is 8.61. The second-order valence-electron chi connectivity index (χ2n) is 7.45. The van der Waals surface area contributed by atoms with E-state index in [9.17, 15) is 9.59 Å². The molecule has 4 heteroatoms. The Morgan fingerprint density at radius 1 is 1.42 bits per heavy atom. The van der Waals surface area contributed by atoms with Crippen LogP contribution in [0.2, 0.25) is 0 Å². The molecule has 1 fully saturated rings. The van der Waals surface area contributed by atoms with Crippen molar-refractivity contribution < 1.29 is 19.4 Å². The molecule has 1 saturated carbocycles. The number of carbonyl (C=O) groups excluding carboxylic acids is 2. The summed E-state index contributed by atoms with van der Waals surface area (Å²) in [4.78, 5) is 24.5. The molecule has 132 valence electrons. The molecule has 0 bridgehead atoms. The number of fused-ring (bicyclic) bond motifs is 1. The minimum atomic E-state index is -0.369. The van der Waals surface area contributed by atoms with Gasteiger partial charge in [-0.2, -0.15) is 0 Å². The summed E-state index contributed by atoms with van der Waals surface area (Å²) in [6.07, 6.45) is 5.32. The molecule has 3 atom stereocenters. The topological polar surface area (TPSA) is 63.6 Å². The highest BCUT2D eigenvalue weighted by molar-refractivity contribution is 6.06. The van der Waals surface area contributed by atoms with E-state index in [0.717, 1.165) is 24.0 Å². The lowest BCUT2D eigenvalue weighted by molar-refractivity contribution is -0.151. The number of ketones is 1. The van der Waals surface area contributed by atoms with Crippen molar-refractivity contribution in [3.8, 4) is 0 Å². The van der Waals surface area contributed by atoms with Gasteiger partial charge in [-0.3, -0.25) is 4.79 Å². The zero-order chi connectivity index (χ0) is 18.1. The van der Waals surface area contributed by atoms with Crippen LogP contribution in [0.3, 0.4) is 0 Å². The minimum absolute atomic E-state index is 0.130. The van der Waals surface area contributed by atoms with Gasteiger partial charge in [0.25, 0.3) is 0 Å². The maximum Gasteiger partial charge on any atom is 0.333 e. The summed E-state index contributed by atoms with van der Waals surface area (Å²) < 4.78 is 5.71. The van der Waals surface area contributed by atoms with Crippen molar-refractivity contribution in [2.75, 3.05) is 6.61 Å². The minimum Gasteiger partial charge on any atom is -0.459 e. The smallest absolute Gasteiger partial charge is 0.333 e. The molecule has 0 heterocycles. The Bertz CT molecular complexity index is 634. The maximum atomic E-state index is 12.3. The molecular weight excluding hydrogens is 304 g/mol. The van der Waals surface area contributed by atoms with E-state index in [0.29, 0.717) is 12.0 Å². The molecule has 0 amide bonds. The predicted octanol–water partition coefficient (Wildman–Crippen LogP) is 3.51.